The minimum Gasteiger partial charge on any atom is -0.352 e. The second-order valence-corrected chi connectivity index (χ2v) is 4.35. The molecule has 4 N–H and O–H groups in total. The second kappa shape index (κ2) is 7.22. The molecule has 5 nitrogen and oxygen atoms in total. The standard InChI is InChI=1S/C11H23N3O2/c1-5-8(4)10(12)11(16)13-6-9(15)14-7(2)3/h7-8,10H,5-6,12H2,1-4H3,(H,13,16)(H,14,15)/t8-,10-/m0/s1. The Labute approximate surface area is 97.2 Å². The average molecular weight is 229 g/mol. The van der Waals surface area contributed by atoms with Crippen molar-refractivity contribution in [2.24, 2.45) is 11.7 Å². The molecule has 0 unspecified atom stereocenters. The van der Waals surface area contributed by atoms with Crippen molar-refractivity contribution in [2.45, 2.75) is 46.2 Å². The fourth-order valence-electron chi connectivity index (χ4n) is 1.17. The van der Waals surface area contributed by atoms with E-state index in [-0.39, 0.29) is 30.3 Å². The van der Waals surface area contributed by atoms with Gasteiger partial charge in [-0.15, -0.1) is 0 Å². The third-order valence-electron chi connectivity index (χ3n) is 2.43. The molecular weight excluding hydrogens is 206 g/mol. The molecule has 0 radical (unpaired) electrons. The first-order valence-corrected chi connectivity index (χ1v) is 5.71. The van der Waals surface area contributed by atoms with E-state index in [2.05, 4.69) is 10.6 Å². The summed E-state index contributed by atoms with van der Waals surface area (Å²) < 4.78 is 0. The van der Waals surface area contributed by atoms with Crippen LogP contribution in [0, 0.1) is 5.92 Å². The average Bonchev–Trinajstić information content (AvgIpc) is 2.22. The van der Waals surface area contributed by atoms with Crippen LogP contribution in [0.4, 0.5) is 0 Å². The highest BCUT2D eigenvalue weighted by Gasteiger charge is 2.19. The monoisotopic (exact) mass is 229 g/mol. The van der Waals surface area contributed by atoms with E-state index in [1.165, 1.54) is 0 Å². The van der Waals surface area contributed by atoms with Gasteiger partial charge in [0.2, 0.25) is 11.8 Å². The topological polar surface area (TPSA) is 84.2 Å². The molecule has 2 amide bonds. The summed E-state index contributed by atoms with van der Waals surface area (Å²) >= 11 is 0. The van der Waals surface area contributed by atoms with Crippen molar-refractivity contribution in [3.63, 3.8) is 0 Å². The van der Waals surface area contributed by atoms with Crippen molar-refractivity contribution in [3.05, 3.63) is 0 Å². The molecule has 0 aliphatic carbocycles. The number of carbonyl (C=O) groups is 2. The zero-order valence-corrected chi connectivity index (χ0v) is 10.5. The lowest BCUT2D eigenvalue weighted by atomic mass is 9.99. The first-order valence-electron chi connectivity index (χ1n) is 5.71. The number of nitrogens with two attached hydrogens (primary N) is 1. The van der Waals surface area contributed by atoms with Gasteiger partial charge in [0.15, 0.2) is 0 Å². The number of rotatable bonds is 6. The molecule has 0 aliphatic heterocycles. The first kappa shape index (κ1) is 14.9. The smallest absolute Gasteiger partial charge is 0.239 e. The van der Waals surface area contributed by atoms with Crippen molar-refractivity contribution in [3.8, 4) is 0 Å². The maximum Gasteiger partial charge on any atom is 0.239 e. The molecule has 0 spiro atoms. The minimum absolute atomic E-state index is 0.0128. The quantitative estimate of drug-likeness (QED) is 0.599. The van der Waals surface area contributed by atoms with Crippen molar-refractivity contribution < 1.29 is 9.59 Å². The number of amides is 2. The molecule has 2 atom stereocenters. The molecule has 0 saturated heterocycles. The lowest BCUT2D eigenvalue weighted by Crippen LogP contribution is -2.48. The van der Waals surface area contributed by atoms with Gasteiger partial charge in [-0.1, -0.05) is 20.3 Å². The molecule has 16 heavy (non-hydrogen) atoms. The van der Waals surface area contributed by atoms with E-state index in [0.29, 0.717) is 0 Å². The molecule has 0 aliphatic rings. The molecule has 0 bridgehead atoms. The molecule has 0 aromatic heterocycles. The van der Waals surface area contributed by atoms with Crippen LogP contribution in [0.3, 0.4) is 0 Å². The largest absolute Gasteiger partial charge is 0.352 e. The molecular formula is C11H23N3O2. The molecule has 0 saturated carbocycles. The normalized spacial score (nSPS) is 14.4. The van der Waals surface area contributed by atoms with Gasteiger partial charge in [-0.3, -0.25) is 9.59 Å². The Morgan fingerprint density at radius 1 is 1.25 bits per heavy atom. The number of hydrogen-bond acceptors (Lipinski definition) is 3. The molecule has 5 heteroatoms. The fourth-order valence-corrected chi connectivity index (χ4v) is 1.17. The van der Waals surface area contributed by atoms with Crippen LogP contribution >= 0.6 is 0 Å². The van der Waals surface area contributed by atoms with Crippen LogP contribution in [0.2, 0.25) is 0 Å². The van der Waals surface area contributed by atoms with Crippen LogP contribution in [-0.2, 0) is 9.59 Å². The summed E-state index contributed by atoms with van der Waals surface area (Å²) in [7, 11) is 0. The molecule has 0 aromatic carbocycles. The zero-order valence-electron chi connectivity index (χ0n) is 10.5. The van der Waals surface area contributed by atoms with Crippen LogP contribution in [-0.4, -0.2) is 30.4 Å². The highest BCUT2D eigenvalue weighted by molar-refractivity contribution is 5.87. The Kier molecular flexibility index (Phi) is 6.72. The molecule has 0 fully saturated rings. The van der Waals surface area contributed by atoms with Gasteiger partial charge in [-0.25, -0.2) is 0 Å². The van der Waals surface area contributed by atoms with Gasteiger partial charge >= 0.3 is 0 Å². The van der Waals surface area contributed by atoms with Crippen LogP contribution in [0.1, 0.15) is 34.1 Å². The number of nitrogens with one attached hydrogen (secondary N) is 2. The second-order valence-electron chi connectivity index (χ2n) is 4.35. The Bertz CT molecular complexity index is 241. The van der Waals surface area contributed by atoms with E-state index in [1.54, 1.807) is 0 Å². The highest BCUT2D eigenvalue weighted by atomic mass is 16.2. The van der Waals surface area contributed by atoms with E-state index in [0.717, 1.165) is 6.42 Å². The van der Waals surface area contributed by atoms with Crippen LogP contribution < -0.4 is 16.4 Å². The van der Waals surface area contributed by atoms with Gasteiger partial charge < -0.3 is 16.4 Å². The Balaban J connectivity index is 3.93. The van der Waals surface area contributed by atoms with Gasteiger partial charge in [-0.2, -0.15) is 0 Å². The van der Waals surface area contributed by atoms with E-state index in [4.69, 9.17) is 5.73 Å². The summed E-state index contributed by atoms with van der Waals surface area (Å²) in [5.41, 5.74) is 5.71. The predicted octanol–water partition coefficient (Wildman–Crippen LogP) is 0.000600. The maximum atomic E-state index is 11.5. The van der Waals surface area contributed by atoms with Gasteiger partial charge in [-0.05, 0) is 19.8 Å². The van der Waals surface area contributed by atoms with Gasteiger partial charge in [0.1, 0.15) is 0 Å². The van der Waals surface area contributed by atoms with Crippen LogP contribution in [0.5, 0.6) is 0 Å². The van der Waals surface area contributed by atoms with E-state index >= 15 is 0 Å². The van der Waals surface area contributed by atoms with Gasteiger partial charge in [0, 0.05) is 6.04 Å². The summed E-state index contributed by atoms with van der Waals surface area (Å²) in [6.45, 7) is 7.61. The first-order chi connectivity index (χ1) is 7.38. The highest BCUT2D eigenvalue weighted by Crippen LogP contribution is 2.04. The summed E-state index contributed by atoms with van der Waals surface area (Å²) in [5.74, 6) is -0.346. The molecule has 0 heterocycles. The maximum absolute atomic E-state index is 11.5. The van der Waals surface area contributed by atoms with Gasteiger partial charge in [0.25, 0.3) is 0 Å². The molecule has 0 rings (SSSR count). The summed E-state index contributed by atoms with van der Waals surface area (Å²) in [4.78, 5) is 22.8. The predicted molar refractivity (Wildman–Crippen MR) is 63.7 cm³/mol. The van der Waals surface area contributed by atoms with Crippen molar-refractivity contribution in [1.82, 2.24) is 10.6 Å². The third kappa shape index (κ3) is 5.70. The number of carbonyl (C=O) groups excluding carboxylic acids is 2. The lowest BCUT2D eigenvalue weighted by molar-refractivity contribution is -0.127. The Hall–Kier alpha value is -1.10. The number of hydrogen-bond donors (Lipinski definition) is 3. The lowest BCUT2D eigenvalue weighted by Gasteiger charge is -2.17. The van der Waals surface area contributed by atoms with Crippen LogP contribution in [0.25, 0.3) is 0 Å². The fraction of sp³-hybridized carbons (Fsp3) is 0.818. The SMILES string of the molecule is CC[C@H](C)[C@H](N)C(=O)NCC(=O)NC(C)C. The Morgan fingerprint density at radius 2 is 1.81 bits per heavy atom. The summed E-state index contributed by atoms with van der Waals surface area (Å²) in [5, 5.41) is 5.21. The zero-order chi connectivity index (χ0) is 12.7. The third-order valence-corrected chi connectivity index (χ3v) is 2.43. The Morgan fingerprint density at radius 3 is 2.25 bits per heavy atom. The van der Waals surface area contributed by atoms with Crippen LogP contribution in [0.15, 0.2) is 0 Å². The van der Waals surface area contributed by atoms with E-state index in [1.807, 2.05) is 27.7 Å². The van der Waals surface area contributed by atoms with Crippen molar-refractivity contribution in [1.29, 1.82) is 0 Å². The molecule has 94 valence electrons. The van der Waals surface area contributed by atoms with Gasteiger partial charge in [0.05, 0.1) is 12.6 Å². The summed E-state index contributed by atoms with van der Waals surface area (Å²) in [6.07, 6.45) is 0.840. The minimum atomic E-state index is -0.545. The van der Waals surface area contributed by atoms with E-state index < -0.39 is 6.04 Å². The molecule has 0 aromatic rings. The van der Waals surface area contributed by atoms with Crippen molar-refractivity contribution in [2.75, 3.05) is 6.54 Å². The summed E-state index contributed by atoms with van der Waals surface area (Å²) in [6, 6.07) is -0.468. The van der Waals surface area contributed by atoms with E-state index in [9.17, 15) is 9.59 Å². The van der Waals surface area contributed by atoms with Crippen molar-refractivity contribution >= 4 is 11.8 Å².